The molecule has 0 unspecified atom stereocenters. The lowest BCUT2D eigenvalue weighted by atomic mass is 9.88. The fourth-order valence-electron chi connectivity index (χ4n) is 6.96. The smallest absolute Gasteiger partial charge is 0.0716 e. The summed E-state index contributed by atoms with van der Waals surface area (Å²) in [5.41, 5.74) is 20.6. The molecular weight excluding hydrogens is 426 g/mol. The molecule has 0 fully saturated rings. The second kappa shape index (κ2) is 6.25. The Hall–Kier alpha value is -4.24. The van der Waals surface area contributed by atoms with Crippen molar-refractivity contribution in [2.45, 2.75) is 25.7 Å². The lowest BCUT2D eigenvalue weighted by Gasteiger charge is -2.38. The van der Waals surface area contributed by atoms with Crippen molar-refractivity contribution in [1.29, 1.82) is 0 Å². The van der Waals surface area contributed by atoms with Crippen LogP contribution in [0.5, 0.6) is 0 Å². The highest BCUT2D eigenvalue weighted by Gasteiger charge is 2.35. The van der Waals surface area contributed by atoms with Gasteiger partial charge in [0, 0.05) is 25.2 Å². The van der Waals surface area contributed by atoms with Gasteiger partial charge in [-0.05, 0) is 98.3 Å². The molecule has 2 aliphatic carbocycles. The molecule has 164 valence electrons. The molecule has 4 aliphatic rings. The average Bonchev–Trinajstić information content (AvgIpc) is 3.45. The van der Waals surface area contributed by atoms with Crippen LogP contribution in [0.15, 0.2) is 79.3 Å². The molecular formula is C32H21N3. The average molecular weight is 448 g/mol. The lowest BCUT2D eigenvalue weighted by molar-refractivity contribution is 0.952. The van der Waals surface area contributed by atoms with Crippen LogP contribution in [-0.2, 0) is 25.7 Å². The summed E-state index contributed by atoms with van der Waals surface area (Å²) in [6, 6.07) is 22.9. The van der Waals surface area contributed by atoms with E-state index in [-0.39, 0.29) is 0 Å². The summed E-state index contributed by atoms with van der Waals surface area (Å²) in [5.74, 6) is 0. The Balaban J connectivity index is 1.27. The minimum Gasteiger partial charge on any atom is -0.306 e. The Kier molecular flexibility index (Phi) is 3.24. The van der Waals surface area contributed by atoms with Gasteiger partial charge < -0.3 is 4.90 Å². The van der Waals surface area contributed by atoms with Crippen LogP contribution in [-0.4, -0.2) is 9.97 Å². The highest BCUT2D eigenvalue weighted by Crippen LogP contribution is 2.53. The van der Waals surface area contributed by atoms with Gasteiger partial charge in [0.25, 0.3) is 0 Å². The van der Waals surface area contributed by atoms with E-state index in [0.717, 1.165) is 25.7 Å². The lowest BCUT2D eigenvalue weighted by Crippen LogP contribution is -2.25. The van der Waals surface area contributed by atoms with Crippen LogP contribution >= 0.6 is 0 Å². The van der Waals surface area contributed by atoms with Gasteiger partial charge in [0.15, 0.2) is 0 Å². The normalized spacial score (nSPS) is 14.9. The third kappa shape index (κ3) is 2.26. The SMILES string of the molecule is c1ccc2c(c1)Cc1ccc3c(c1-2)Cc1cc2c(cc1-3)Cc1ccnc3c1N2c1cnccc1C3. The van der Waals surface area contributed by atoms with E-state index in [1.165, 1.54) is 84.0 Å². The first-order valence-electron chi connectivity index (χ1n) is 12.4. The van der Waals surface area contributed by atoms with Gasteiger partial charge in [0.05, 0.1) is 29.0 Å². The second-order valence-electron chi connectivity index (χ2n) is 10.2. The minimum absolute atomic E-state index is 0.870. The van der Waals surface area contributed by atoms with Crippen molar-refractivity contribution in [2.75, 3.05) is 4.90 Å². The standard InChI is InChI=1S/C32H21N3/c1-2-4-24-18(3-1)11-20-5-6-25-26-14-23-12-21-8-10-34-28-15-19-7-9-33-17-30(19)35(32(21)28)29(23)16-22(26)13-27(25)31(20)24/h1-10,14,16-17H,11-13,15H2. The quantitative estimate of drug-likeness (QED) is 0.253. The summed E-state index contributed by atoms with van der Waals surface area (Å²) in [7, 11) is 0. The molecule has 4 heterocycles. The van der Waals surface area contributed by atoms with Crippen LogP contribution in [0.2, 0.25) is 0 Å². The maximum Gasteiger partial charge on any atom is 0.0716 e. The van der Waals surface area contributed by atoms with E-state index >= 15 is 0 Å². The Morgan fingerprint density at radius 3 is 2.51 bits per heavy atom. The van der Waals surface area contributed by atoms with Crippen LogP contribution in [0.4, 0.5) is 17.1 Å². The number of rotatable bonds is 0. The Bertz CT molecular complexity index is 1760. The predicted octanol–water partition coefficient (Wildman–Crippen LogP) is 6.90. The van der Waals surface area contributed by atoms with Crippen molar-refractivity contribution >= 4 is 17.1 Å². The van der Waals surface area contributed by atoms with Crippen LogP contribution in [0.25, 0.3) is 22.3 Å². The summed E-state index contributed by atoms with van der Waals surface area (Å²) >= 11 is 0. The van der Waals surface area contributed by atoms with E-state index in [9.17, 15) is 0 Å². The molecule has 0 radical (unpaired) electrons. The van der Waals surface area contributed by atoms with Crippen LogP contribution in [0.1, 0.15) is 44.6 Å². The molecule has 35 heavy (non-hydrogen) atoms. The summed E-state index contributed by atoms with van der Waals surface area (Å²) in [6.07, 6.45) is 9.76. The molecule has 3 heteroatoms. The molecule has 3 nitrogen and oxygen atoms in total. The van der Waals surface area contributed by atoms with Gasteiger partial charge in [-0.1, -0.05) is 36.4 Å². The predicted molar refractivity (Wildman–Crippen MR) is 139 cm³/mol. The van der Waals surface area contributed by atoms with Crippen molar-refractivity contribution in [3.05, 3.63) is 124 Å². The highest BCUT2D eigenvalue weighted by molar-refractivity contribution is 5.94. The van der Waals surface area contributed by atoms with Gasteiger partial charge in [0.1, 0.15) is 0 Å². The monoisotopic (exact) mass is 447 g/mol. The second-order valence-corrected chi connectivity index (χ2v) is 10.2. The molecule has 2 aromatic heterocycles. The van der Waals surface area contributed by atoms with Gasteiger partial charge >= 0.3 is 0 Å². The molecule has 9 rings (SSSR count). The number of anilines is 3. The van der Waals surface area contributed by atoms with E-state index in [2.05, 4.69) is 70.5 Å². The maximum atomic E-state index is 4.79. The van der Waals surface area contributed by atoms with Crippen LogP contribution in [0, 0.1) is 0 Å². The number of hydrogen-bond acceptors (Lipinski definition) is 3. The van der Waals surface area contributed by atoms with Crippen molar-refractivity contribution in [3.8, 4) is 22.3 Å². The summed E-state index contributed by atoms with van der Waals surface area (Å²) in [6.45, 7) is 0. The molecule has 0 spiro atoms. The highest BCUT2D eigenvalue weighted by atomic mass is 15.2. The van der Waals surface area contributed by atoms with Gasteiger partial charge in [-0.3, -0.25) is 9.97 Å². The number of aromatic nitrogens is 2. The third-order valence-electron chi connectivity index (χ3n) is 8.44. The molecule has 0 bridgehead atoms. The minimum atomic E-state index is 0.870. The number of fused-ring (bicyclic) bond motifs is 11. The molecule has 2 aliphatic heterocycles. The van der Waals surface area contributed by atoms with Gasteiger partial charge in [-0.15, -0.1) is 0 Å². The Morgan fingerprint density at radius 1 is 0.600 bits per heavy atom. The molecule has 0 amide bonds. The maximum absolute atomic E-state index is 4.79. The van der Waals surface area contributed by atoms with E-state index in [4.69, 9.17) is 4.98 Å². The molecule has 5 aromatic rings. The first-order chi connectivity index (χ1) is 17.3. The zero-order valence-electron chi connectivity index (χ0n) is 19.2. The number of benzene rings is 3. The van der Waals surface area contributed by atoms with Crippen molar-refractivity contribution < 1.29 is 0 Å². The fraction of sp³-hybridized carbons (Fsp3) is 0.125. The molecule has 0 saturated carbocycles. The van der Waals surface area contributed by atoms with E-state index in [1.807, 2.05) is 18.6 Å². The van der Waals surface area contributed by atoms with Crippen molar-refractivity contribution in [2.24, 2.45) is 0 Å². The number of pyridine rings is 2. The number of hydrogen-bond donors (Lipinski definition) is 0. The Morgan fingerprint density at radius 2 is 1.51 bits per heavy atom. The van der Waals surface area contributed by atoms with Crippen LogP contribution in [0.3, 0.4) is 0 Å². The Labute approximate surface area is 203 Å². The van der Waals surface area contributed by atoms with E-state index in [1.54, 1.807) is 0 Å². The third-order valence-corrected chi connectivity index (χ3v) is 8.44. The van der Waals surface area contributed by atoms with Gasteiger partial charge in [-0.2, -0.15) is 0 Å². The van der Waals surface area contributed by atoms with Gasteiger partial charge in [0.2, 0.25) is 0 Å². The van der Waals surface area contributed by atoms with E-state index < -0.39 is 0 Å². The topological polar surface area (TPSA) is 29.0 Å². The van der Waals surface area contributed by atoms with Crippen molar-refractivity contribution in [1.82, 2.24) is 9.97 Å². The first kappa shape index (κ1) is 18.1. The molecule has 0 atom stereocenters. The molecule has 0 saturated heterocycles. The van der Waals surface area contributed by atoms with Gasteiger partial charge in [-0.25, -0.2) is 0 Å². The zero-order valence-corrected chi connectivity index (χ0v) is 19.2. The first-order valence-corrected chi connectivity index (χ1v) is 12.4. The summed E-state index contributed by atoms with van der Waals surface area (Å²) in [4.78, 5) is 11.7. The summed E-state index contributed by atoms with van der Waals surface area (Å²) in [5, 5.41) is 0. The van der Waals surface area contributed by atoms with Crippen molar-refractivity contribution in [3.63, 3.8) is 0 Å². The zero-order chi connectivity index (χ0) is 22.7. The van der Waals surface area contributed by atoms with E-state index in [0.29, 0.717) is 0 Å². The molecule has 3 aromatic carbocycles. The van der Waals surface area contributed by atoms with Crippen LogP contribution < -0.4 is 4.90 Å². The number of nitrogens with zero attached hydrogens (tertiary/aromatic N) is 3. The largest absolute Gasteiger partial charge is 0.306 e. The fourth-order valence-corrected chi connectivity index (χ4v) is 6.96. The molecule has 0 N–H and O–H groups in total. The summed E-state index contributed by atoms with van der Waals surface area (Å²) < 4.78 is 0.